The van der Waals surface area contributed by atoms with E-state index in [1.165, 1.54) is 0 Å². The molecule has 0 unspecified atom stereocenters. The van der Waals surface area contributed by atoms with E-state index in [0.29, 0.717) is 12.2 Å². The molecule has 0 bridgehead atoms. The number of carbonyl (C=O) groups is 1. The third kappa shape index (κ3) is 4.06. The molecule has 0 atom stereocenters. The Morgan fingerprint density at radius 1 is 1.47 bits per heavy atom. The van der Waals surface area contributed by atoms with Gasteiger partial charge in [-0.1, -0.05) is 20.8 Å². The Bertz CT molecular complexity index is 408. The fourth-order valence-corrected chi connectivity index (χ4v) is 1.36. The lowest BCUT2D eigenvalue weighted by Gasteiger charge is -2.18. The number of rotatable bonds is 4. The molecule has 0 aliphatic heterocycles. The molecule has 17 heavy (non-hydrogen) atoms. The Hall–Kier alpha value is -1.58. The van der Waals surface area contributed by atoms with Crippen LogP contribution in [-0.4, -0.2) is 22.7 Å². The van der Waals surface area contributed by atoms with Crippen molar-refractivity contribution in [2.24, 2.45) is 5.41 Å². The van der Waals surface area contributed by atoms with Crippen LogP contribution in [-0.2, 0) is 0 Å². The lowest BCUT2D eigenvalue weighted by molar-refractivity contribution is 0.0690. The monoisotopic (exact) mass is 237 g/mol. The van der Waals surface area contributed by atoms with Gasteiger partial charge in [-0.2, -0.15) is 0 Å². The minimum absolute atomic E-state index is 0.154. The molecule has 0 aromatic carbocycles. The van der Waals surface area contributed by atoms with Crippen molar-refractivity contribution in [2.45, 2.75) is 34.1 Å². The van der Waals surface area contributed by atoms with Crippen molar-refractivity contribution in [1.82, 2.24) is 4.98 Å². The fraction of sp³-hybridized carbons (Fsp3) is 0.538. The van der Waals surface area contributed by atoms with Gasteiger partial charge < -0.3 is 9.84 Å². The van der Waals surface area contributed by atoms with Crippen LogP contribution in [0, 0.1) is 12.3 Å². The van der Waals surface area contributed by atoms with Gasteiger partial charge in [0.15, 0.2) is 0 Å². The van der Waals surface area contributed by atoms with Crippen LogP contribution < -0.4 is 4.74 Å². The number of aromatic nitrogens is 1. The molecule has 0 fully saturated rings. The van der Waals surface area contributed by atoms with E-state index in [0.717, 1.165) is 6.42 Å². The van der Waals surface area contributed by atoms with Gasteiger partial charge in [0.05, 0.1) is 6.61 Å². The van der Waals surface area contributed by atoms with Gasteiger partial charge >= 0.3 is 5.97 Å². The summed E-state index contributed by atoms with van der Waals surface area (Å²) in [6.45, 7) is 8.54. The van der Waals surface area contributed by atoms with Gasteiger partial charge in [-0.05, 0) is 30.4 Å². The molecule has 1 N–H and O–H groups in total. The molecule has 1 aromatic heterocycles. The van der Waals surface area contributed by atoms with Crippen molar-refractivity contribution in [1.29, 1.82) is 0 Å². The van der Waals surface area contributed by atoms with Gasteiger partial charge in [-0.3, -0.25) is 0 Å². The second kappa shape index (κ2) is 5.17. The summed E-state index contributed by atoms with van der Waals surface area (Å²) in [7, 11) is 0. The predicted molar refractivity (Wildman–Crippen MR) is 65.5 cm³/mol. The second-order valence-electron chi connectivity index (χ2n) is 5.27. The normalized spacial score (nSPS) is 11.3. The number of nitrogens with zero attached hydrogens (tertiary/aromatic N) is 1. The third-order valence-corrected chi connectivity index (χ3v) is 2.43. The molecule has 0 saturated heterocycles. The van der Waals surface area contributed by atoms with Gasteiger partial charge in [0.2, 0.25) is 5.88 Å². The average molecular weight is 237 g/mol. The van der Waals surface area contributed by atoms with Crippen molar-refractivity contribution < 1.29 is 14.6 Å². The van der Waals surface area contributed by atoms with Gasteiger partial charge in [-0.25, -0.2) is 9.78 Å². The van der Waals surface area contributed by atoms with E-state index in [1.807, 2.05) is 0 Å². The first kappa shape index (κ1) is 13.5. The molecule has 1 aromatic rings. The number of hydrogen-bond donors (Lipinski definition) is 1. The molecule has 4 nitrogen and oxygen atoms in total. The number of hydrogen-bond acceptors (Lipinski definition) is 3. The summed E-state index contributed by atoms with van der Waals surface area (Å²) in [5.41, 5.74) is 0.979. The van der Waals surface area contributed by atoms with E-state index >= 15 is 0 Å². The molecule has 94 valence electrons. The standard InChI is InChI=1S/C13H19NO3/c1-9-5-7-14-11(10(9)12(15)16)17-8-6-13(2,3)4/h5,7H,6,8H2,1-4H3,(H,15,16). The Morgan fingerprint density at radius 3 is 2.65 bits per heavy atom. The molecule has 1 heterocycles. The van der Waals surface area contributed by atoms with Gasteiger partial charge in [-0.15, -0.1) is 0 Å². The largest absolute Gasteiger partial charge is 0.477 e. The van der Waals surface area contributed by atoms with Crippen molar-refractivity contribution in [3.63, 3.8) is 0 Å². The van der Waals surface area contributed by atoms with Crippen LogP contribution in [0.1, 0.15) is 43.1 Å². The van der Waals surface area contributed by atoms with E-state index in [4.69, 9.17) is 9.84 Å². The van der Waals surface area contributed by atoms with Gasteiger partial charge in [0, 0.05) is 6.20 Å². The van der Waals surface area contributed by atoms with Crippen LogP contribution in [0.2, 0.25) is 0 Å². The fourth-order valence-electron chi connectivity index (χ4n) is 1.36. The summed E-state index contributed by atoms with van der Waals surface area (Å²) in [5, 5.41) is 9.09. The molecular formula is C13H19NO3. The molecule has 0 saturated carbocycles. The first-order valence-corrected chi connectivity index (χ1v) is 5.63. The predicted octanol–water partition coefficient (Wildman–Crippen LogP) is 2.90. The number of pyridine rings is 1. The van der Waals surface area contributed by atoms with Crippen molar-refractivity contribution in [3.05, 3.63) is 23.4 Å². The van der Waals surface area contributed by atoms with Gasteiger partial charge in [0.1, 0.15) is 5.56 Å². The summed E-state index contributed by atoms with van der Waals surface area (Å²) in [4.78, 5) is 15.1. The summed E-state index contributed by atoms with van der Waals surface area (Å²) >= 11 is 0. The summed E-state index contributed by atoms with van der Waals surface area (Å²) in [6.07, 6.45) is 2.41. The Morgan fingerprint density at radius 2 is 2.12 bits per heavy atom. The maximum atomic E-state index is 11.1. The van der Waals surface area contributed by atoms with Crippen LogP contribution in [0.4, 0.5) is 0 Å². The minimum atomic E-state index is -0.999. The average Bonchev–Trinajstić information content (AvgIpc) is 2.14. The third-order valence-electron chi connectivity index (χ3n) is 2.43. The first-order valence-electron chi connectivity index (χ1n) is 5.63. The molecule has 0 radical (unpaired) electrons. The topological polar surface area (TPSA) is 59.4 Å². The Balaban J connectivity index is 2.78. The maximum Gasteiger partial charge on any atom is 0.341 e. The summed E-state index contributed by atoms with van der Waals surface area (Å²) < 4.78 is 5.46. The molecular weight excluding hydrogens is 218 g/mol. The zero-order valence-corrected chi connectivity index (χ0v) is 10.8. The summed E-state index contributed by atoms with van der Waals surface area (Å²) in [6, 6.07) is 1.67. The van der Waals surface area contributed by atoms with Crippen molar-refractivity contribution in [2.75, 3.05) is 6.61 Å². The number of aromatic carboxylic acids is 1. The highest BCUT2D eigenvalue weighted by Gasteiger charge is 2.17. The lowest BCUT2D eigenvalue weighted by Crippen LogP contribution is -2.13. The van der Waals surface area contributed by atoms with Crippen LogP contribution in [0.3, 0.4) is 0 Å². The highest BCUT2D eigenvalue weighted by Crippen LogP contribution is 2.22. The van der Waals surface area contributed by atoms with E-state index in [1.54, 1.807) is 19.2 Å². The van der Waals surface area contributed by atoms with Gasteiger partial charge in [0.25, 0.3) is 0 Å². The number of aryl methyl sites for hydroxylation is 1. The zero-order valence-electron chi connectivity index (χ0n) is 10.8. The molecule has 1 rings (SSSR count). The number of carboxylic acids is 1. The first-order chi connectivity index (χ1) is 7.81. The quantitative estimate of drug-likeness (QED) is 0.874. The summed E-state index contributed by atoms with van der Waals surface area (Å²) in [5.74, 6) is -0.789. The van der Waals surface area contributed by atoms with E-state index in [-0.39, 0.29) is 16.9 Å². The lowest BCUT2D eigenvalue weighted by atomic mass is 9.93. The van der Waals surface area contributed by atoms with Crippen molar-refractivity contribution >= 4 is 5.97 Å². The Kier molecular flexibility index (Phi) is 4.10. The molecule has 4 heteroatoms. The number of carboxylic acid groups (broad SMARTS) is 1. The molecule has 0 amide bonds. The highest BCUT2D eigenvalue weighted by molar-refractivity contribution is 5.91. The smallest absolute Gasteiger partial charge is 0.341 e. The van der Waals surface area contributed by atoms with E-state index < -0.39 is 5.97 Å². The van der Waals surface area contributed by atoms with E-state index in [2.05, 4.69) is 25.8 Å². The SMILES string of the molecule is Cc1ccnc(OCCC(C)(C)C)c1C(=O)O. The highest BCUT2D eigenvalue weighted by atomic mass is 16.5. The Labute approximate surface area is 102 Å². The zero-order chi connectivity index (χ0) is 13.1. The van der Waals surface area contributed by atoms with Crippen molar-refractivity contribution in [3.8, 4) is 5.88 Å². The van der Waals surface area contributed by atoms with Crippen LogP contribution >= 0.6 is 0 Å². The van der Waals surface area contributed by atoms with Crippen LogP contribution in [0.5, 0.6) is 5.88 Å². The molecule has 0 aliphatic carbocycles. The number of ether oxygens (including phenoxy) is 1. The van der Waals surface area contributed by atoms with Crippen LogP contribution in [0.25, 0.3) is 0 Å². The minimum Gasteiger partial charge on any atom is -0.477 e. The molecule has 0 aliphatic rings. The van der Waals surface area contributed by atoms with Crippen LogP contribution in [0.15, 0.2) is 12.3 Å². The second-order valence-corrected chi connectivity index (χ2v) is 5.27. The molecule has 0 spiro atoms. The maximum absolute atomic E-state index is 11.1. The van der Waals surface area contributed by atoms with E-state index in [9.17, 15) is 4.79 Å².